The number of hydrogen-bond acceptors (Lipinski definition) is 6. The third-order valence-corrected chi connectivity index (χ3v) is 1.15. The molecule has 2 rings (SSSR count). The van der Waals surface area contributed by atoms with E-state index in [0.717, 1.165) is 0 Å². The minimum atomic E-state index is -0.556. The predicted molar refractivity (Wildman–Crippen MR) is 32.2 cm³/mol. The molecular weight excluding hydrogens is 134 g/mol. The van der Waals surface area contributed by atoms with Crippen LogP contribution in [0.25, 0.3) is 0 Å². The van der Waals surface area contributed by atoms with Crippen LogP contribution in [0, 0.1) is 0 Å². The third-order valence-electron chi connectivity index (χ3n) is 1.15. The summed E-state index contributed by atoms with van der Waals surface area (Å²) in [6.07, 6.45) is -0.556. The molecule has 1 atom stereocenters. The van der Waals surface area contributed by atoms with Crippen LogP contribution in [0.1, 0.15) is 6.29 Å². The Hall–Kier alpha value is -1.50. The molecular formula is C3H5N7. The highest BCUT2D eigenvalue weighted by molar-refractivity contribution is 5.26. The van der Waals surface area contributed by atoms with Crippen molar-refractivity contribution in [2.75, 3.05) is 5.73 Å². The molecule has 0 amide bonds. The van der Waals surface area contributed by atoms with Crippen LogP contribution in [0.4, 0.5) is 11.9 Å². The number of azo groups is 1. The Morgan fingerprint density at radius 2 is 2.30 bits per heavy atom. The summed E-state index contributed by atoms with van der Waals surface area (Å²) in [5.74, 6) is 0.536. The molecule has 0 radical (unpaired) electrons. The van der Waals surface area contributed by atoms with Crippen molar-refractivity contribution in [3.8, 4) is 0 Å². The lowest BCUT2D eigenvalue weighted by molar-refractivity contribution is 0.515. The molecule has 52 valence electrons. The molecule has 0 fully saturated rings. The number of rotatable bonds is 0. The summed E-state index contributed by atoms with van der Waals surface area (Å²) in [5, 5.41) is 10.9. The maximum atomic E-state index is 5.40. The minimum Gasteiger partial charge on any atom is -0.366 e. The van der Waals surface area contributed by atoms with Crippen LogP contribution in [-0.2, 0) is 0 Å². The van der Waals surface area contributed by atoms with E-state index in [1.54, 1.807) is 0 Å². The van der Waals surface area contributed by atoms with E-state index < -0.39 is 6.29 Å². The van der Waals surface area contributed by atoms with Crippen LogP contribution < -0.4 is 11.5 Å². The lowest BCUT2D eigenvalue weighted by Crippen LogP contribution is -2.13. The zero-order chi connectivity index (χ0) is 7.14. The van der Waals surface area contributed by atoms with Gasteiger partial charge in [0.15, 0.2) is 0 Å². The van der Waals surface area contributed by atoms with Crippen molar-refractivity contribution < 1.29 is 0 Å². The number of nitrogens with zero attached hydrogens (tertiary/aromatic N) is 5. The Balaban J connectivity index is 2.58. The van der Waals surface area contributed by atoms with Gasteiger partial charge in [0.2, 0.25) is 12.2 Å². The summed E-state index contributed by atoms with van der Waals surface area (Å²) in [6.45, 7) is 0. The van der Waals surface area contributed by atoms with E-state index in [9.17, 15) is 0 Å². The van der Waals surface area contributed by atoms with E-state index in [-0.39, 0.29) is 5.95 Å². The highest BCUT2D eigenvalue weighted by Crippen LogP contribution is 2.21. The number of anilines is 1. The second-order valence-corrected chi connectivity index (χ2v) is 1.84. The zero-order valence-electron chi connectivity index (χ0n) is 4.97. The smallest absolute Gasteiger partial charge is 0.272 e. The van der Waals surface area contributed by atoms with Gasteiger partial charge in [-0.1, -0.05) is 0 Å². The van der Waals surface area contributed by atoms with E-state index in [1.807, 2.05) is 0 Å². The number of hydrogen-bond donors (Lipinski definition) is 2. The zero-order valence-corrected chi connectivity index (χ0v) is 4.97. The first kappa shape index (κ1) is 5.30. The average Bonchev–Trinajstić information content (AvgIpc) is 2.35. The van der Waals surface area contributed by atoms with Gasteiger partial charge in [0, 0.05) is 0 Å². The summed E-state index contributed by atoms with van der Waals surface area (Å²) in [7, 11) is 0. The monoisotopic (exact) mass is 139 g/mol. The Morgan fingerprint density at radius 3 is 3.00 bits per heavy atom. The van der Waals surface area contributed by atoms with Gasteiger partial charge in [0.05, 0.1) is 0 Å². The van der Waals surface area contributed by atoms with Gasteiger partial charge in [0.25, 0.3) is 5.95 Å². The first-order valence-corrected chi connectivity index (χ1v) is 2.66. The topological polar surface area (TPSA) is 107 Å². The Morgan fingerprint density at radius 1 is 1.50 bits per heavy atom. The van der Waals surface area contributed by atoms with Gasteiger partial charge in [-0.25, -0.2) is 0 Å². The van der Waals surface area contributed by atoms with Crippen molar-refractivity contribution >= 4 is 11.9 Å². The maximum Gasteiger partial charge on any atom is 0.272 e. The van der Waals surface area contributed by atoms with Crippen LogP contribution >= 0.6 is 0 Å². The molecule has 10 heavy (non-hydrogen) atoms. The normalized spacial score (nSPS) is 21.5. The standard InChI is InChI=1S/C3H5N7/c4-1-6-3-8-7-2(5)10(3)9-1/h2H,5H2,(H2,4,9). The van der Waals surface area contributed by atoms with Crippen LogP contribution in [0.2, 0.25) is 0 Å². The van der Waals surface area contributed by atoms with Crippen molar-refractivity contribution in [3.05, 3.63) is 0 Å². The second-order valence-electron chi connectivity index (χ2n) is 1.84. The molecule has 0 saturated carbocycles. The number of aromatic nitrogens is 3. The first-order chi connectivity index (χ1) is 4.77. The van der Waals surface area contributed by atoms with Crippen LogP contribution in [0.15, 0.2) is 10.2 Å². The molecule has 0 bridgehead atoms. The number of nitrogen functional groups attached to an aromatic ring is 1. The highest BCUT2D eigenvalue weighted by Gasteiger charge is 2.18. The fourth-order valence-electron chi connectivity index (χ4n) is 0.736. The molecule has 0 aliphatic carbocycles. The molecule has 1 aromatic rings. The molecule has 2 heterocycles. The molecule has 1 aromatic heterocycles. The molecule has 7 heteroatoms. The largest absolute Gasteiger partial charge is 0.366 e. The second kappa shape index (κ2) is 1.51. The number of fused-ring (bicyclic) bond motifs is 1. The molecule has 7 nitrogen and oxygen atoms in total. The Bertz CT molecular complexity index is 285. The van der Waals surface area contributed by atoms with E-state index >= 15 is 0 Å². The summed E-state index contributed by atoms with van der Waals surface area (Å²) in [4.78, 5) is 3.73. The molecule has 1 aliphatic rings. The summed E-state index contributed by atoms with van der Waals surface area (Å²) < 4.78 is 1.36. The van der Waals surface area contributed by atoms with Gasteiger partial charge in [-0.3, -0.25) is 5.73 Å². The van der Waals surface area contributed by atoms with Crippen molar-refractivity contribution in [1.29, 1.82) is 0 Å². The Labute approximate surface area is 55.7 Å². The Kier molecular flexibility index (Phi) is 0.798. The summed E-state index contributed by atoms with van der Waals surface area (Å²) in [6, 6.07) is 0. The van der Waals surface area contributed by atoms with Gasteiger partial charge in [-0.15, -0.1) is 15.3 Å². The van der Waals surface area contributed by atoms with Gasteiger partial charge in [-0.05, 0) is 0 Å². The average molecular weight is 139 g/mol. The van der Waals surface area contributed by atoms with Gasteiger partial charge >= 0.3 is 0 Å². The minimum absolute atomic E-state index is 0.170. The SMILES string of the molecule is Nc1nc2n(n1)C(N)N=N2. The summed E-state index contributed by atoms with van der Waals surface area (Å²) >= 11 is 0. The van der Waals surface area contributed by atoms with Gasteiger partial charge < -0.3 is 5.73 Å². The summed E-state index contributed by atoms with van der Waals surface area (Å²) in [5.41, 5.74) is 10.7. The van der Waals surface area contributed by atoms with E-state index in [2.05, 4.69) is 20.3 Å². The van der Waals surface area contributed by atoms with Crippen LogP contribution in [-0.4, -0.2) is 14.8 Å². The van der Waals surface area contributed by atoms with Crippen molar-refractivity contribution in [3.63, 3.8) is 0 Å². The van der Waals surface area contributed by atoms with Gasteiger partial charge in [0.1, 0.15) is 0 Å². The van der Waals surface area contributed by atoms with Crippen molar-refractivity contribution in [2.24, 2.45) is 16.0 Å². The van der Waals surface area contributed by atoms with E-state index in [0.29, 0.717) is 5.95 Å². The molecule has 1 unspecified atom stereocenters. The first-order valence-electron chi connectivity index (χ1n) is 2.66. The lowest BCUT2D eigenvalue weighted by Gasteiger charge is -1.95. The quantitative estimate of drug-likeness (QED) is 0.498. The fourth-order valence-corrected chi connectivity index (χ4v) is 0.736. The van der Waals surface area contributed by atoms with Crippen LogP contribution in [0.5, 0.6) is 0 Å². The fraction of sp³-hybridized carbons (Fsp3) is 0.333. The molecule has 4 N–H and O–H groups in total. The van der Waals surface area contributed by atoms with Crippen molar-refractivity contribution in [1.82, 2.24) is 14.8 Å². The van der Waals surface area contributed by atoms with Crippen LogP contribution in [0.3, 0.4) is 0 Å². The molecule has 0 saturated heterocycles. The van der Waals surface area contributed by atoms with Gasteiger partial charge in [-0.2, -0.15) is 9.67 Å². The number of nitrogens with two attached hydrogens (primary N) is 2. The van der Waals surface area contributed by atoms with Crippen molar-refractivity contribution in [2.45, 2.75) is 6.29 Å². The van der Waals surface area contributed by atoms with E-state index in [4.69, 9.17) is 11.5 Å². The molecule has 0 aromatic carbocycles. The lowest BCUT2D eigenvalue weighted by atomic mass is 10.9. The highest BCUT2D eigenvalue weighted by atomic mass is 15.6. The maximum absolute atomic E-state index is 5.40. The third kappa shape index (κ3) is 0.517. The van der Waals surface area contributed by atoms with E-state index in [1.165, 1.54) is 4.68 Å². The molecule has 1 aliphatic heterocycles. The molecule has 0 spiro atoms. The predicted octanol–water partition coefficient (Wildman–Crippen LogP) is -0.628.